The highest BCUT2D eigenvalue weighted by atomic mass is 16.6. The number of pyridine rings is 2. The molecule has 4 heterocycles. The van der Waals surface area contributed by atoms with Crippen LogP contribution >= 0.6 is 0 Å². The van der Waals surface area contributed by atoms with Crippen molar-refractivity contribution in [1.82, 2.24) is 24.4 Å². The van der Waals surface area contributed by atoms with Gasteiger partial charge < -0.3 is 9.64 Å². The van der Waals surface area contributed by atoms with Gasteiger partial charge in [-0.15, -0.1) is 0 Å². The summed E-state index contributed by atoms with van der Waals surface area (Å²) in [5.74, 6) is 0. The van der Waals surface area contributed by atoms with E-state index in [9.17, 15) is 9.59 Å². The second-order valence-corrected chi connectivity index (χ2v) is 8.41. The minimum atomic E-state index is -0.285. The molecule has 0 aromatic carbocycles. The van der Waals surface area contributed by atoms with Gasteiger partial charge in [0, 0.05) is 31.5 Å². The van der Waals surface area contributed by atoms with Gasteiger partial charge in [-0.2, -0.15) is 0 Å². The normalized spacial score (nSPS) is 21.9. The number of rotatable bonds is 2. The molecule has 2 unspecified atom stereocenters. The van der Waals surface area contributed by atoms with Gasteiger partial charge in [0.05, 0.1) is 11.2 Å². The molecular formula is C23H27N5O3. The highest BCUT2D eigenvalue weighted by Crippen LogP contribution is 2.31. The zero-order chi connectivity index (χ0) is 21.2. The molecular weight excluding hydrogens is 394 g/mol. The lowest BCUT2D eigenvalue weighted by Gasteiger charge is -2.24. The molecule has 1 aliphatic carbocycles. The molecule has 5 rings (SSSR count). The van der Waals surface area contributed by atoms with Gasteiger partial charge in [-0.25, -0.2) is 14.6 Å². The number of aromatic nitrogens is 4. The van der Waals surface area contributed by atoms with Gasteiger partial charge in [-0.05, 0) is 68.7 Å². The van der Waals surface area contributed by atoms with Gasteiger partial charge in [-0.1, -0.05) is 6.07 Å². The third-order valence-corrected chi connectivity index (χ3v) is 6.45. The lowest BCUT2D eigenvalue weighted by atomic mass is 10.1. The molecule has 31 heavy (non-hydrogen) atoms. The van der Waals surface area contributed by atoms with Crippen molar-refractivity contribution in [2.75, 3.05) is 13.1 Å². The number of carbonyl (C=O) groups is 1. The van der Waals surface area contributed by atoms with Crippen LogP contribution in [0.25, 0.3) is 11.2 Å². The van der Waals surface area contributed by atoms with Gasteiger partial charge in [0.1, 0.15) is 6.10 Å². The Balaban J connectivity index is 1.29. The van der Waals surface area contributed by atoms with Crippen molar-refractivity contribution >= 4 is 17.3 Å². The number of hydrogen-bond acceptors (Lipinski definition) is 5. The number of fused-ring (bicyclic) bond motifs is 2. The zero-order valence-electron chi connectivity index (χ0n) is 17.5. The third kappa shape index (κ3) is 3.94. The van der Waals surface area contributed by atoms with Crippen LogP contribution in [0.4, 0.5) is 4.79 Å². The van der Waals surface area contributed by atoms with E-state index < -0.39 is 0 Å². The molecule has 1 fully saturated rings. The predicted molar refractivity (Wildman–Crippen MR) is 116 cm³/mol. The summed E-state index contributed by atoms with van der Waals surface area (Å²) in [4.78, 5) is 38.9. The molecule has 0 bridgehead atoms. The molecule has 0 saturated carbocycles. The summed E-state index contributed by atoms with van der Waals surface area (Å²) in [6, 6.07) is 7.81. The fraction of sp³-hybridized carbons (Fsp3) is 0.478. The summed E-state index contributed by atoms with van der Waals surface area (Å²) in [6.07, 6.45) is 9.14. The molecule has 3 aromatic rings. The Kier molecular flexibility index (Phi) is 5.44. The van der Waals surface area contributed by atoms with Crippen molar-refractivity contribution < 1.29 is 9.53 Å². The number of likely N-dealkylation sites (tertiary alicyclic amines) is 1. The molecule has 0 spiro atoms. The van der Waals surface area contributed by atoms with Gasteiger partial charge in [0.15, 0.2) is 5.65 Å². The SMILES string of the molecule is O=C(OC1CCCCc2cccnc21)N1CCCC(n2c(=O)[nH]c3ncccc32)CC1. The van der Waals surface area contributed by atoms with Crippen LogP contribution in [0.15, 0.2) is 41.5 Å². The maximum absolute atomic E-state index is 13.0. The van der Waals surface area contributed by atoms with Crippen molar-refractivity contribution in [3.63, 3.8) is 0 Å². The van der Waals surface area contributed by atoms with Crippen LogP contribution in [0, 0.1) is 0 Å². The highest BCUT2D eigenvalue weighted by Gasteiger charge is 2.28. The van der Waals surface area contributed by atoms with Crippen molar-refractivity contribution in [2.24, 2.45) is 0 Å². The molecule has 8 heteroatoms. The average Bonchev–Trinajstić information content (AvgIpc) is 2.95. The molecule has 8 nitrogen and oxygen atoms in total. The second kappa shape index (κ2) is 8.53. The molecule has 0 radical (unpaired) electrons. The van der Waals surface area contributed by atoms with Crippen molar-refractivity contribution in [2.45, 2.75) is 57.1 Å². The summed E-state index contributed by atoms with van der Waals surface area (Å²) in [5.41, 5.74) is 3.36. The van der Waals surface area contributed by atoms with E-state index in [0.717, 1.165) is 49.7 Å². The maximum atomic E-state index is 13.0. The molecule has 1 saturated heterocycles. The quantitative estimate of drug-likeness (QED) is 0.636. The van der Waals surface area contributed by atoms with E-state index in [0.29, 0.717) is 25.2 Å². The van der Waals surface area contributed by atoms with Crippen LogP contribution in [0.3, 0.4) is 0 Å². The number of nitrogens with zero attached hydrogens (tertiary/aromatic N) is 4. The smallest absolute Gasteiger partial charge is 0.410 e. The van der Waals surface area contributed by atoms with E-state index in [-0.39, 0.29) is 23.9 Å². The fourth-order valence-electron chi connectivity index (χ4n) is 4.89. The van der Waals surface area contributed by atoms with Gasteiger partial charge >= 0.3 is 11.8 Å². The first kappa shape index (κ1) is 19.8. The Morgan fingerprint density at radius 1 is 1.03 bits per heavy atom. The topological polar surface area (TPSA) is 93.1 Å². The largest absolute Gasteiger partial charge is 0.440 e. The molecule has 3 aromatic heterocycles. The first-order chi connectivity index (χ1) is 15.2. The number of H-pyrrole nitrogens is 1. The Labute approximate surface area is 180 Å². The number of aryl methyl sites for hydroxylation is 1. The number of nitrogens with one attached hydrogen (secondary N) is 1. The number of aromatic amines is 1. The average molecular weight is 422 g/mol. The van der Waals surface area contributed by atoms with E-state index in [4.69, 9.17) is 4.74 Å². The van der Waals surface area contributed by atoms with E-state index in [2.05, 4.69) is 21.0 Å². The number of imidazole rings is 1. The van der Waals surface area contributed by atoms with Crippen LogP contribution in [-0.4, -0.2) is 43.6 Å². The second-order valence-electron chi connectivity index (χ2n) is 8.41. The van der Waals surface area contributed by atoms with E-state index in [1.165, 1.54) is 5.56 Å². The van der Waals surface area contributed by atoms with Crippen LogP contribution in [-0.2, 0) is 11.2 Å². The van der Waals surface area contributed by atoms with Gasteiger partial charge in [-0.3, -0.25) is 14.5 Å². The lowest BCUT2D eigenvalue weighted by molar-refractivity contribution is 0.0569. The predicted octanol–water partition coefficient (Wildman–Crippen LogP) is 3.75. The first-order valence-corrected chi connectivity index (χ1v) is 11.2. The molecule has 2 atom stereocenters. The zero-order valence-corrected chi connectivity index (χ0v) is 17.5. The fourth-order valence-corrected chi connectivity index (χ4v) is 4.89. The molecule has 162 valence electrons. The highest BCUT2D eigenvalue weighted by molar-refractivity contribution is 5.70. The molecule has 2 aliphatic rings. The standard InChI is InChI=1S/C23H27N5O3/c29-22-26-21-18(9-4-13-25-21)28(22)17-8-5-14-27(15-11-17)23(30)31-19-10-2-1-6-16-7-3-12-24-20(16)19/h3-4,7,9,12-13,17,19H,1-2,5-6,8,10-11,14-15H2,(H,25,26,29). The summed E-state index contributed by atoms with van der Waals surface area (Å²) in [7, 11) is 0. The number of amides is 1. The minimum absolute atomic E-state index is 0.0310. The summed E-state index contributed by atoms with van der Waals surface area (Å²) >= 11 is 0. The van der Waals surface area contributed by atoms with Gasteiger partial charge in [0.2, 0.25) is 0 Å². The van der Waals surface area contributed by atoms with E-state index >= 15 is 0 Å². The maximum Gasteiger partial charge on any atom is 0.410 e. The molecule has 1 N–H and O–H groups in total. The summed E-state index contributed by atoms with van der Waals surface area (Å²) in [6.45, 7) is 1.19. The summed E-state index contributed by atoms with van der Waals surface area (Å²) < 4.78 is 7.75. The van der Waals surface area contributed by atoms with Crippen LogP contribution in [0.5, 0.6) is 0 Å². The van der Waals surface area contributed by atoms with Crippen LogP contribution < -0.4 is 5.69 Å². The molecule has 1 amide bonds. The van der Waals surface area contributed by atoms with E-state index in [1.807, 2.05) is 18.2 Å². The van der Waals surface area contributed by atoms with Crippen LogP contribution in [0.1, 0.15) is 61.9 Å². The summed E-state index contributed by atoms with van der Waals surface area (Å²) in [5, 5.41) is 0. The Morgan fingerprint density at radius 2 is 1.90 bits per heavy atom. The number of hydrogen-bond donors (Lipinski definition) is 1. The molecule has 1 aliphatic heterocycles. The Morgan fingerprint density at radius 3 is 2.84 bits per heavy atom. The van der Waals surface area contributed by atoms with E-state index in [1.54, 1.807) is 21.9 Å². The number of ether oxygens (including phenoxy) is 1. The monoisotopic (exact) mass is 421 g/mol. The third-order valence-electron chi connectivity index (χ3n) is 6.45. The lowest BCUT2D eigenvalue weighted by Crippen LogP contribution is -2.34. The van der Waals surface area contributed by atoms with Crippen LogP contribution in [0.2, 0.25) is 0 Å². The Bertz CT molecular complexity index is 1140. The number of carbonyl (C=O) groups excluding carboxylic acids is 1. The van der Waals surface area contributed by atoms with Crippen molar-refractivity contribution in [3.8, 4) is 0 Å². The van der Waals surface area contributed by atoms with Gasteiger partial charge in [0.25, 0.3) is 0 Å². The first-order valence-electron chi connectivity index (χ1n) is 11.2. The minimum Gasteiger partial charge on any atom is -0.440 e. The van der Waals surface area contributed by atoms with Crippen molar-refractivity contribution in [3.05, 3.63) is 58.4 Å². The van der Waals surface area contributed by atoms with Crippen molar-refractivity contribution in [1.29, 1.82) is 0 Å². The Hall–Kier alpha value is -3.16.